The van der Waals surface area contributed by atoms with E-state index in [2.05, 4.69) is 0 Å². The number of pyridine rings is 1. The largest absolute Gasteiger partial charge is 0.418 e. The van der Waals surface area contributed by atoms with Crippen molar-refractivity contribution in [3.05, 3.63) is 81.2 Å². The third-order valence-corrected chi connectivity index (χ3v) is 4.53. The van der Waals surface area contributed by atoms with E-state index in [4.69, 9.17) is 16.4 Å². The van der Waals surface area contributed by atoms with Gasteiger partial charge in [0.2, 0.25) is 0 Å². The second-order valence-corrected chi connectivity index (χ2v) is 6.66. The molecule has 0 N–H and O–H groups in total. The van der Waals surface area contributed by atoms with E-state index in [1.807, 2.05) is 0 Å². The highest BCUT2D eigenvalue weighted by Crippen LogP contribution is 2.40. The van der Waals surface area contributed by atoms with Crippen molar-refractivity contribution < 1.29 is 31.2 Å². The molecule has 0 spiro atoms. The fraction of sp³-hybridized carbons (Fsp3) is 0.150. The van der Waals surface area contributed by atoms with Gasteiger partial charge in [-0.2, -0.15) is 31.1 Å². The molecule has 1 aromatic heterocycles. The molecule has 0 atom stereocenters. The minimum Gasteiger partial charge on any atom is -0.418 e. The highest BCUT2D eigenvalue weighted by Gasteiger charge is 2.39. The first-order valence-electron chi connectivity index (χ1n) is 8.27. The Kier molecular flexibility index (Phi) is 5.60. The molecular weight excluding hydrogens is 436 g/mol. The highest BCUT2D eigenvalue weighted by atomic mass is 35.5. The SMILES string of the molecule is COn1cc(-c2cccc(Cl)c2)c(=O)c(-c2ccc(C(F)(F)F)cc2C(F)(F)F)c1. The van der Waals surface area contributed by atoms with Gasteiger partial charge in [-0.3, -0.25) is 4.79 Å². The Morgan fingerprint density at radius 1 is 0.867 bits per heavy atom. The van der Waals surface area contributed by atoms with Crippen LogP contribution in [-0.2, 0) is 12.4 Å². The maximum absolute atomic E-state index is 13.6. The third-order valence-electron chi connectivity index (χ3n) is 4.29. The first kappa shape index (κ1) is 21.8. The van der Waals surface area contributed by atoms with Gasteiger partial charge in [0, 0.05) is 10.6 Å². The minimum atomic E-state index is -5.13. The molecule has 0 saturated carbocycles. The Morgan fingerprint density at radius 2 is 1.53 bits per heavy atom. The number of aromatic nitrogens is 1. The van der Waals surface area contributed by atoms with Crippen LogP contribution < -0.4 is 10.3 Å². The van der Waals surface area contributed by atoms with Crippen molar-refractivity contribution in [1.29, 1.82) is 0 Å². The molecule has 1 heterocycles. The molecule has 3 aromatic rings. The van der Waals surface area contributed by atoms with Crippen LogP contribution in [0.25, 0.3) is 22.3 Å². The average Bonchev–Trinajstić information content (AvgIpc) is 2.66. The number of nitrogens with zero attached hydrogens (tertiary/aromatic N) is 1. The summed E-state index contributed by atoms with van der Waals surface area (Å²) < 4.78 is 80.5. The summed E-state index contributed by atoms with van der Waals surface area (Å²) in [6, 6.07) is 7.14. The van der Waals surface area contributed by atoms with Gasteiger partial charge in [0.15, 0.2) is 5.43 Å². The zero-order valence-corrected chi connectivity index (χ0v) is 15.9. The summed E-state index contributed by atoms with van der Waals surface area (Å²) in [5.74, 6) is 0. The molecule has 0 amide bonds. The van der Waals surface area contributed by atoms with Gasteiger partial charge in [-0.25, -0.2) is 0 Å². The predicted octanol–water partition coefficient (Wildman–Crippen LogP) is 5.93. The van der Waals surface area contributed by atoms with Crippen molar-refractivity contribution in [1.82, 2.24) is 4.73 Å². The van der Waals surface area contributed by atoms with Gasteiger partial charge in [-0.15, -0.1) is 0 Å². The van der Waals surface area contributed by atoms with Gasteiger partial charge in [0.1, 0.15) is 7.11 Å². The second kappa shape index (κ2) is 7.71. The fourth-order valence-corrected chi connectivity index (χ4v) is 3.09. The molecule has 3 nitrogen and oxygen atoms in total. The lowest BCUT2D eigenvalue weighted by Gasteiger charge is -2.17. The van der Waals surface area contributed by atoms with Crippen LogP contribution in [-0.4, -0.2) is 11.8 Å². The molecule has 0 aliphatic rings. The van der Waals surface area contributed by atoms with Crippen molar-refractivity contribution in [3.8, 4) is 22.3 Å². The average molecular weight is 448 g/mol. The van der Waals surface area contributed by atoms with E-state index in [-0.39, 0.29) is 16.7 Å². The number of halogens is 7. The molecule has 30 heavy (non-hydrogen) atoms. The Balaban J connectivity index is 2.33. The van der Waals surface area contributed by atoms with Gasteiger partial charge in [-0.05, 0) is 35.4 Å². The summed E-state index contributed by atoms with van der Waals surface area (Å²) in [6.45, 7) is 0. The van der Waals surface area contributed by atoms with Crippen molar-refractivity contribution in [2.45, 2.75) is 12.4 Å². The molecule has 3 rings (SSSR count). The molecule has 0 bridgehead atoms. The smallest absolute Gasteiger partial charge is 0.417 e. The van der Waals surface area contributed by atoms with Gasteiger partial charge in [0.05, 0.1) is 29.1 Å². The lowest BCUT2D eigenvalue weighted by molar-refractivity contribution is -0.142. The quantitative estimate of drug-likeness (QED) is 0.466. The molecule has 0 aliphatic heterocycles. The fourth-order valence-electron chi connectivity index (χ4n) is 2.90. The zero-order valence-electron chi connectivity index (χ0n) is 15.1. The van der Waals surface area contributed by atoms with Crippen LogP contribution in [0.5, 0.6) is 0 Å². The standard InChI is InChI=1S/C20H12ClF6NO2/c1-30-28-9-15(11-3-2-4-13(21)7-11)18(29)16(10-28)14-6-5-12(19(22,23)24)8-17(14)20(25,26)27/h2-10H,1H3. The molecule has 0 radical (unpaired) electrons. The van der Waals surface area contributed by atoms with E-state index in [1.54, 1.807) is 12.1 Å². The van der Waals surface area contributed by atoms with Crippen molar-refractivity contribution in [2.75, 3.05) is 7.11 Å². The number of alkyl halides is 6. The van der Waals surface area contributed by atoms with E-state index in [0.717, 1.165) is 10.9 Å². The monoisotopic (exact) mass is 447 g/mol. The van der Waals surface area contributed by atoms with Crippen LogP contribution in [0.1, 0.15) is 11.1 Å². The minimum absolute atomic E-state index is 0.0159. The summed E-state index contributed by atoms with van der Waals surface area (Å²) in [5, 5.41) is 0.284. The molecule has 0 aliphatic carbocycles. The van der Waals surface area contributed by atoms with E-state index < -0.39 is 40.0 Å². The van der Waals surface area contributed by atoms with E-state index >= 15 is 0 Å². The van der Waals surface area contributed by atoms with Crippen molar-refractivity contribution in [2.24, 2.45) is 0 Å². The lowest BCUT2D eigenvalue weighted by Crippen LogP contribution is -2.19. The van der Waals surface area contributed by atoms with E-state index in [0.29, 0.717) is 17.7 Å². The number of rotatable bonds is 3. The number of hydrogen-bond donors (Lipinski definition) is 0. The Bertz CT molecular complexity index is 1150. The Hall–Kier alpha value is -2.94. The molecule has 158 valence electrons. The van der Waals surface area contributed by atoms with E-state index in [9.17, 15) is 31.1 Å². The van der Waals surface area contributed by atoms with Crippen LogP contribution in [0.3, 0.4) is 0 Å². The van der Waals surface area contributed by atoms with Gasteiger partial charge in [0.25, 0.3) is 0 Å². The lowest BCUT2D eigenvalue weighted by atomic mass is 9.95. The van der Waals surface area contributed by atoms with Crippen molar-refractivity contribution >= 4 is 11.6 Å². The second-order valence-electron chi connectivity index (χ2n) is 6.22. The molecule has 10 heteroatoms. The van der Waals surface area contributed by atoms with Crippen LogP contribution >= 0.6 is 11.6 Å². The molecular formula is C20H12ClF6NO2. The molecule has 0 saturated heterocycles. The van der Waals surface area contributed by atoms with Crippen LogP contribution in [0.4, 0.5) is 26.3 Å². The van der Waals surface area contributed by atoms with Crippen LogP contribution in [0.2, 0.25) is 5.02 Å². The van der Waals surface area contributed by atoms with Crippen LogP contribution in [0.15, 0.2) is 59.7 Å². The predicted molar refractivity (Wildman–Crippen MR) is 99.1 cm³/mol. The zero-order chi connectivity index (χ0) is 22.3. The number of hydrogen-bond acceptors (Lipinski definition) is 2. The molecule has 0 unspecified atom stereocenters. The Morgan fingerprint density at radius 3 is 2.10 bits per heavy atom. The number of benzene rings is 2. The summed E-state index contributed by atoms with van der Waals surface area (Å²) in [7, 11) is 1.22. The molecule has 0 fully saturated rings. The maximum atomic E-state index is 13.6. The first-order chi connectivity index (χ1) is 13.9. The van der Waals surface area contributed by atoms with Gasteiger partial charge in [-0.1, -0.05) is 29.8 Å². The normalized spacial score (nSPS) is 12.1. The topological polar surface area (TPSA) is 31.2 Å². The maximum Gasteiger partial charge on any atom is 0.417 e. The molecule has 2 aromatic carbocycles. The van der Waals surface area contributed by atoms with Crippen LogP contribution in [0, 0.1) is 0 Å². The third kappa shape index (κ3) is 4.30. The summed E-state index contributed by atoms with van der Waals surface area (Å²) in [4.78, 5) is 18.0. The summed E-state index contributed by atoms with van der Waals surface area (Å²) in [5.41, 5.74) is -4.79. The first-order valence-corrected chi connectivity index (χ1v) is 8.65. The summed E-state index contributed by atoms with van der Waals surface area (Å²) in [6.07, 6.45) is -7.88. The highest BCUT2D eigenvalue weighted by molar-refractivity contribution is 6.30. The van der Waals surface area contributed by atoms with Gasteiger partial charge >= 0.3 is 12.4 Å². The summed E-state index contributed by atoms with van der Waals surface area (Å²) >= 11 is 5.93. The van der Waals surface area contributed by atoms with E-state index in [1.165, 1.54) is 25.4 Å². The Labute approximate surface area is 171 Å². The van der Waals surface area contributed by atoms with Crippen molar-refractivity contribution in [3.63, 3.8) is 0 Å². The van der Waals surface area contributed by atoms with Gasteiger partial charge < -0.3 is 4.84 Å².